The smallest absolute Gasteiger partial charge is 0.225 e. The highest BCUT2D eigenvalue weighted by Gasteiger charge is 2.36. The predicted molar refractivity (Wildman–Crippen MR) is 100 cm³/mol. The number of hydrogen-bond donors (Lipinski definition) is 2. The van der Waals surface area contributed by atoms with Crippen LogP contribution in [-0.2, 0) is 16.0 Å². The van der Waals surface area contributed by atoms with E-state index in [-0.39, 0.29) is 18.4 Å². The van der Waals surface area contributed by atoms with Gasteiger partial charge in [0, 0.05) is 25.7 Å². The summed E-state index contributed by atoms with van der Waals surface area (Å²) in [6.07, 6.45) is 5.24. The topological polar surface area (TPSA) is 56.8 Å². The summed E-state index contributed by atoms with van der Waals surface area (Å²) in [5.41, 5.74) is 1.37. The lowest BCUT2D eigenvalue weighted by Crippen LogP contribution is -2.70. The molecule has 0 saturated carbocycles. The number of likely N-dealkylation sites (tertiary alicyclic amines) is 1. The van der Waals surface area contributed by atoms with Crippen LogP contribution in [0.25, 0.3) is 0 Å². The third kappa shape index (κ3) is 4.26. The number of amides is 1. The molecule has 6 nitrogen and oxygen atoms in total. The minimum atomic E-state index is -0.0712. The molecule has 1 amide bonds. The van der Waals surface area contributed by atoms with Gasteiger partial charge in [0.2, 0.25) is 5.91 Å². The van der Waals surface area contributed by atoms with Crippen LogP contribution in [0.15, 0.2) is 30.3 Å². The van der Waals surface area contributed by atoms with Gasteiger partial charge >= 0.3 is 0 Å². The van der Waals surface area contributed by atoms with Crippen molar-refractivity contribution in [2.45, 2.75) is 50.6 Å². The molecule has 1 aromatic rings. The summed E-state index contributed by atoms with van der Waals surface area (Å²) in [5.74, 6) is 0.147. The normalized spacial score (nSPS) is 31.5. The Morgan fingerprint density at radius 3 is 2.69 bits per heavy atom. The number of morpholine rings is 1. The highest BCUT2D eigenvalue weighted by atomic mass is 16.5. The van der Waals surface area contributed by atoms with Crippen LogP contribution in [0.2, 0.25) is 0 Å². The summed E-state index contributed by atoms with van der Waals surface area (Å²) in [5, 5.41) is 6.89. The molecule has 142 valence electrons. The van der Waals surface area contributed by atoms with Crippen LogP contribution in [0, 0.1) is 0 Å². The molecular weight excluding hydrogens is 328 g/mol. The van der Waals surface area contributed by atoms with E-state index in [1.54, 1.807) is 0 Å². The maximum Gasteiger partial charge on any atom is 0.225 e. The summed E-state index contributed by atoms with van der Waals surface area (Å²) in [4.78, 5) is 17.2. The molecule has 0 aromatic heterocycles. The van der Waals surface area contributed by atoms with Crippen molar-refractivity contribution in [1.82, 2.24) is 20.4 Å². The highest BCUT2D eigenvalue weighted by molar-refractivity contribution is 5.77. The first kappa shape index (κ1) is 17.9. The van der Waals surface area contributed by atoms with E-state index in [1.165, 1.54) is 24.8 Å². The zero-order valence-corrected chi connectivity index (χ0v) is 15.4. The number of benzene rings is 1. The lowest BCUT2D eigenvalue weighted by Gasteiger charge is -2.47. The molecule has 26 heavy (non-hydrogen) atoms. The van der Waals surface area contributed by atoms with Crippen LogP contribution in [0.4, 0.5) is 0 Å². The van der Waals surface area contributed by atoms with E-state index in [0.29, 0.717) is 12.5 Å². The van der Waals surface area contributed by atoms with Crippen molar-refractivity contribution in [1.29, 1.82) is 0 Å². The van der Waals surface area contributed by atoms with E-state index in [0.717, 1.165) is 39.3 Å². The van der Waals surface area contributed by atoms with Gasteiger partial charge in [0.25, 0.3) is 0 Å². The van der Waals surface area contributed by atoms with Gasteiger partial charge in [-0.05, 0) is 24.8 Å². The zero-order chi connectivity index (χ0) is 17.8. The number of rotatable bonds is 4. The van der Waals surface area contributed by atoms with Gasteiger partial charge in [0.1, 0.15) is 6.29 Å². The maximum atomic E-state index is 12.4. The number of carbonyl (C=O) groups excluding carboxylic acids is 1. The Hall–Kier alpha value is -1.47. The fraction of sp³-hybridized carbons (Fsp3) is 0.650. The predicted octanol–water partition coefficient (Wildman–Crippen LogP) is 1.14. The van der Waals surface area contributed by atoms with Gasteiger partial charge in [-0.1, -0.05) is 36.8 Å². The van der Waals surface area contributed by atoms with Gasteiger partial charge in [0.05, 0.1) is 25.8 Å². The molecule has 2 unspecified atom stereocenters. The molecule has 0 aliphatic carbocycles. The van der Waals surface area contributed by atoms with Gasteiger partial charge < -0.3 is 10.1 Å². The average Bonchev–Trinajstić information content (AvgIpc) is 2.69. The van der Waals surface area contributed by atoms with Crippen LogP contribution >= 0.6 is 0 Å². The molecule has 1 aromatic carbocycles. The Kier molecular flexibility index (Phi) is 5.84. The SMILES string of the molecule is O=C1CC(N2CCOCC2)NC(N2CCCC[C@@H]2Cc2ccccc2)N1. The highest BCUT2D eigenvalue weighted by Crippen LogP contribution is 2.23. The minimum absolute atomic E-state index is 0.0712. The lowest BCUT2D eigenvalue weighted by molar-refractivity contribution is -0.132. The second-order valence-corrected chi connectivity index (χ2v) is 7.58. The zero-order valence-electron chi connectivity index (χ0n) is 15.4. The summed E-state index contributed by atoms with van der Waals surface area (Å²) >= 11 is 0. The molecule has 0 radical (unpaired) electrons. The van der Waals surface area contributed by atoms with Gasteiger partial charge in [-0.3, -0.25) is 19.9 Å². The Bertz CT molecular complexity index is 591. The molecule has 3 aliphatic rings. The molecular formula is C20H30N4O2. The summed E-state index contributed by atoms with van der Waals surface area (Å²) in [7, 11) is 0. The molecule has 0 spiro atoms. The fourth-order valence-corrected chi connectivity index (χ4v) is 4.44. The van der Waals surface area contributed by atoms with E-state index in [2.05, 4.69) is 50.8 Å². The van der Waals surface area contributed by atoms with E-state index in [1.807, 2.05) is 0 Å². The van der Waals surface area contributed by atoms with Crippen LogP contribution in [-0.4, -0.2) is 67.1 Å². The molecule has 3 heterocycles. The Labute approximate surface area is 155 Å². The number of carbonyl (C=O) groups is 1. The molecule has 3 saturated heterocycles. The van der Waals surface area contributed by atoms with Crippen molar-refractivity contribution in [3.05, 3.63) is 35.9 Å². The van der Waals surface area contributed by atoms with E-state index in [4.69, 9.17) is 4.74 Å². The number of nitrogens with zero attached hydrogens (tertiary/aromatic N) is 2. The maximum absolute atomic E-state index is 12.4. The summed E-state index contributed by atoms with van der Waals surface area (Å²) in [6, 6.07) is 11.2. The lowest BCUT2D eigenvalue weighted by atomic mass is 9.95. The van der Waals surface area contributed by atoms with Crippen LogP contribution in [0.5, 0.6) is 0 Å². The van der Waals surface area contributed by atoms with Gasteiger partial charge in [-0.2, -0.15) is 0 Å². The fourth-order valence-electron chi connectivity index (χ4n) is 4.44. The molecule has 3 fully saturated rings. The van der Waals surface area contributed by atoms with Crippen molar-refractivity contribution in [2.75, 3.05) is 32.8 Å². The minimum Gasteiger partial charge on any atom is -0.379 e. The first-order chi connectivity index (χ1) is 12.8. The van der Waals surface area contributed by atoms with E-state index >= 15 is 0 Å². The van der Waals surface area contributed by atoms with Crippen molar-refractivity contribution >= 4 is 5.91 Å². The number of nitrogens with one attached hydrogen (secondary N) is 2. The number of ether oxygens (including phenoxy) is 1. The van der Waals surface area contributed by atoms with E-state index < -0.39 is 0 Å². The van der Waals surface area contributed by atoms with Crippen LogP contribution < -0.4 is 10.6 Å². The molecule has 2 N–H and O–H groups in total. The molecule has 3 aliphatic heterocycles. The van der Waals surface area contributed by atoms with Gasteiger partial charge in [-0.25, -0.2) is 0 Å². The second kappa shape index (κ2) is 8.48. The first-order valence-corrected chi connectivity index (χ1v) is 9.96. The quantitative estimate of drug-likeness (QED) is 0.845. The third-order valence-electron chi connectivity index (χ3n) is 5.83. The van der Waals surface area contributed by atoms with Crippen LogP contribution in [0.1, 0.15) is 31.2 Å². The Morgan fingerprint density at radius 2 is 1.88 bits per heavy atom. The molecule has 6 heteroatoms. The monoisotopic (exact) mass is 358 g/mol. The van der Waals surface area contributed by atoms with E-state index in [9.17, 15) is 4.79 Å². The van der Waals surface area contributed by atoms with Crippen molar-refractivity contribution in [3.8, 4) is 0 Å². The Morgan fingerprint density at radius 1 is 1.08 bits per heavy atom. The van der Waals surface area contributed by atoms with Gasteiger partial charge in [-0.15, -0.1) is 0 Å². The average molecular weight is 358 g/mol. The second-order valence-electron chi connectivity index (χ2n) is 7.58. The Balaban J connectivity index is 1.45. The van der Waals surface area contributed by atoms with Crippen molar-refractivity contribution in [2.24, 2.45) is 0 Å². The molecule has 3 atom stereocenters. The van der Waals surface area contributed by atoms with Crippen molar-refractivity contribution < 1.29 is 9.53 Å². The largest absolute Gasteiger partial charge is 0.379 e. The summed E-state index contributed by atoms with van der Waals surface area (Å²) in [6.45, 7) is 4.33. The third-order valence-corrected chi connectivity index (χ3v) is 5.83. The van der Waals surface area contributed by atoms with Gasteiger partial charge in [0.15, 0.2) is 0 Å². The van der Waals surface area contributed by atoms with Crippen LogP contribution in [0.3, 0.4) is 0 Å². The number of hydrogen-bond acceptors (Lipinski definition) is 5. The first-order valence-electron chi connectivity index (χ1n) is 9.96. The molecule has 4 rings (SSSR count). The number of piperidine rings is 1. The van der Waals surface area contributed by atoms with Crippen molar-refractivity contribution in [3.63, 3.8) is 0 Å². The standard InChI is InChI=1S/C20H30N4O2/c25-19-15-18(23-10-12-26-13-11-23)21-20(22-19)24-9-5-4-8-17(24)14-16-6-2-1-3-7-16/h1-3,6-7,17-18,20-21H,4-5,8-15H2,(H,22,25)/t17-,18?,20?/m1/s1. The summed E-state index contributed by atoms with van der Waals surface area (Å²) < 4.78 is 5.46. The molecule has 0 bridgehead atoms.